The van der Waals surface area contributed by atoms with Crippen molar-refractivity contribution in [1.82, 2.24) is 15.5 Å². The molecule has 0 aromatic heterocycles. The van der Waals surface area contributed by atoms with E-state index in [0.717, 1.165) is 44.5 Å². The van der Waals surface area contributed by atoms with Crippen LogP contribution >= 0.6 is 0 Å². The number of hydrogen-bond acceptors (Lipinski definition) is 3. The van der Waals surface area contributed by atoms with Crippen molar-refractivity contribution in [1.29, 1.82) is 0 Å². The van der Waals surface area contributed by atoms with Crippen LogP contribution in [0, 0.1) is 0 Å². The Kier molecular flexibility index (Phi) is 7.07. The van der Waals surface area contributed by atoms with Gasteiger partial charge in [0, 0.05) is 39.0 Å². The van der Waals surface area contributed by atoms with Crippen molar-refractivity contribution in [2.45, 2.75) is 38.6 Å². The van der Waals surface area contributed by atoms with Gasteiger partial charge in [0.15, 0.2) is 0 Å². The van der Waals surface area contributed by atoms with Crippen LogP contribution in [-0.2, 0) is 9.59 Å². The maximum atomic E-state index is 12.1. The van der Waals surface area contributed by atoms with Crippen molar-refractivity contribution < 1.29 is 9.59 Å². The highest BCUT2D eigenvalue weighted by atomic mass is 16.2. The fraction of sp³-hybridized carbons (Fsp3) is 0.556. The summed E-state index contributed by atoms with van der Waals surface area (Å²) < 4.78 is 0. The summed E-state index contributed by atoms with van der Waals surface area (Å²) in [6.45, 7) is 4.63. The quantitative estimate of drug-likeness (QED) is 0.831. The van der Waals surface area contributed by atoms with Gasteiger partial charge in [0.1, 0.15) is 0 Å². The van der Waals surface area contributed by atoms with E-state index in [1.807, 2.05) is 35.2 Å². The van der Waals surface area contributed by atoms with Gasteiger partial charge < -0.3 is 15.5 Å². The van der Waals surface area contributed by atoms with E-state index >= 15 is 0 Å². The molecule has 0 aliphatic carbocycles. The van der Waals surface area contributed by atoms with Crippen LogP contribution in [0.1, 0.15) is 44.2 Å². The first-order valence-corrected chi connectivity index (χ1v) is 8.47. The van der Waals surface area contributed by atoms with Crippen molar-refractivity contribution in [3.8, 4) is 0 Å². The van der Waals surface area contributed by atoms with Crippen LogP contribution in [0.25, 0.3) is 0 Å². The minimum Gasteiger partial charge on any atom is -0.356 e. The Morgan fingerprint density at radius 2 is 1.83 bits per heavy atom. The maximum Gasteiger partial charge on any atom is 0.221 e. The minimum atomic E-state index is 0.0164. The molecule has 2 amide bonds. The van der Waals surface area contributed by atoms with E-state index in [4.69, 9.17) is 0 Å². The molecule has 0 saturated carbocycles. The first kappa shape index (κ1) is 17.5. The monoisotopic (exact) mass is 317 g/mol. The third-order valence-electron chi connectivity index (χ3n) is 4.21. The highest BCUT2D eigenvalue weighted by Gasteiger charge is 2.16. The van der Waals surface area contributed by atoms with E-state index in [9.17, 15) is 9.59 Å². The van der Waals surface area contributed by atoms with Gasteiger partial charge in [0.2, 0.25) is 11.8 Å². The van der Waals surface area contributed by atoms with E-state index in [2.05, 4.69) is 10.6 Å². The zero-order chi connectivity index (χ0) is 16.5. The Hall–Kier alpha value is -1.88. The Bertz CT molecular complexity index is 504. The second kappa shape index (κ2) is 9.30. The Morgan fingerprint density at radius 1 is 1.09 bits per heavy atom. The predicted octanol–water partition coefficient (Wildman–Crippen LogP) is 1.86. The molecular weight excluding hydrogens is 290 g/mol. The fourth-order valence-electron chi connectivity index (χ4n) is 2.88. The van der Waals surface area contributed by atoms with Crippen LogP contribution < -0.4 is 10.6 Å². The van der Waals surface area contributed by atoms with Crippen molar-refractivity contribution in [2.24, 2.45) is 0 Å². The summed E-state index contributed by atoms with van der Waals surface area (Å²) >= 11 is 0. The van der Waals surface area contributed by atoms with Gasteiger partial charge in [-0.1, -0.05) is 30.3 Å². The third-order valence-corrected chi connectivity index (χ3v) is 4.21. The summed E-state index contributed by atoms with van der Waals surface area (Å²) in [7, 11) is 0. The molecule has 0 unspecified atom stereocenters. The van der Waals surface area contributed by atoms with E-state index in [0.29, 0.717) is 13.0 Å². The number of nitrogens with one attached hydrogen (secondary N) is 2. The molecule has 0 radical (unpaired) electrons. The summed E-state index contributed by atoms with van der Waals surface area (Å²) in [5, 5.41) is 6.45. The molecule has 23 heavy (non-hydrogen) atoms. The number of nitrogens with zero attached hydrogens (tertiary/aromatic N) is 1. The first-order chi connectivity index (χ1) is 11.2. The lowest BCUT2D eigenvalue weighted by atomic mass is 10.0. The average molecular weight is 317 g/mol. The fourth-order valence-corrected chi connectivity index (χ4v) is 2.88. The van der Waals surface area contributed by atoms with E-state index in [1.54, 1.807) is 6.92 Å². The number of carbonyl (C=O) groups excluding carboxylic acids is 2. The number of carbonyl (C=O) groups is 2. The number of amides is 2. The Labute approximate surface area is 138 Å². The highest BCUT2D eigenvalue weighted by Crippen LogP contribution is 2.16. The maximum absolute atomic E-state index is 12.1. The molecule has 1 aromatic rings. The molecule has 1 aliphatic heterocycles. The van der Waals surface area contributed by atoms with E-state index < -0.39 is 0 Å². The SMILES string of the molecule is CC(=O)N1CCCCNC(=O)C[C@@H](c2ccccc2)NCCC1. The molecule has 1 aromatic carbocycles. The van der Waals surface area contributed by atoms with E-state index in [1.165, 1.54) is 0 Å². The lowest BCUT2D eigenvalue weighted by molar-refractivity contribution is -0.129. The van der Waals surface area contributed by atoms with Crippen LogP contribution in [0.4, 0.5) is 0 Å². The van der Waals surface area contributed by atoms with Crippen LogP contribution in [0.3, 0.4) is 0 Å². The second-order valence-electron chi connectivity index (χ2n) is 6.04. The summed E-state index contributed by atoms with van der Waals surface area (Å²) in [4.78, 5) is 25.7. The molecule has 0 spiro atoms. The zero-order valence-electron chi connectivity index (χ0n) is 13.9. The largest absolute Gasteiger partial charge is 0.356 e. The van der Waals surface area contributed by atoms with Gasteiger partial charge in [-0.2, -0.15) is 0 Å². The average Bonchev–Trinajstić information content (AvgIpc) is 2.57. The smallest absolute Gasteiger partial charge is 0.221 e. The normalized spacial score (nSPS) is 21.5. The van der Waals surface area contributed by atoms with Gasteiger partial charge in [-0.05, 0) is 31.4 Å². The minimum absolute atomic E-state index is 0.0164. The van der Waals surface area contributed by atoms with E-state index in [-0.39, 0.29) is 17.9 Å². The topological polar surface area (TPSA) is 61.4 Å². The molecule has 1 saturated heterocycles. The summed E-state index contributed by atoms with van der Waals surface area (Å²) in [5.41, 5.74) is 1.13. The van der Waals surface area contributed by atoms with Gasteiger partial charge >= 0.3 is 0 Å². The molecular formula is C18H27N3O2. The summed E-state index contributed by atoms with van der Waals surface area (Å²) in [6.07, 6.45) is 3.17. The van der Waals surface area contributed by atoms with Crippen molar-refractivity contribution in [3.63, 3.8) is 0 Å². The zero-order valence-corrected chi connectivity index (χ0v) is 13.9. The molecule has 1 atom stereocenters. The number of benzene rings is 1. The molecule has 1 heterocycles. The van der Waals surface area contributed by atoms with Crippen molar-refractivity contribution in [2.75, 3.05) is 26.2 Å². The van der Waals surface area contributed by atoms with Gasteiger partial charge in [-0.15, -0.1) is 0 Å². The van der Waals surface area contributed by atoms with Gasteiger partial charge in [0.25, 0.3) is 0 Å². The summed E-state index contributed by atoms with van der Waals surface area (Å²) in [6, 6.07) is 10.1. The Morgan fingerprint density at radius 3 is 2.57 bits per heavy atom. The third kappa shape index (κ3) is 6.02. The van der Waals surface area contributed by atoms with Gasteiger partial charge in [-0.3, -0.25) is 9.59 Å². The van der Waals surface area contributed by atoms with Crippen molar-refractivity contribution >= 4 is 11.8 Å². The number of rotatable bonds is 1. The molecule has 126 valence electrons. The lowest BCUT2D eigenvalue weighted by Crippen LogP contribution is -2.33. The number of hydrogen-bond donors (Lipinski definition) is 2. The Balaban J connectivity index is 2.01. The molecule has 0 bridgehead atoms. The summed E-state index contributed by atoms with van der Waals surface area (Å²) in [5.74, 6) is 0.206. The van der Waals surface area contributed by atoms with Crippen LogP contribution in [-0.4, -0.2) is 42.9 Å². The second-order valence-corrected chi connectivity index (χ2v) is 6.04. The van der Waals surface area contributed by atoms with Gasteiger partial charge in [0.05, 0.1) is 0 Å². The predicted molar refractivity (Wildman–Crippen MR) is 90.9 cm³/mol. The molecule has 2 N–H and O–H groups in total. The molecule has 5 heteroatoms. The van der Waals surface area contributed by atoms with Gasteiger partial charge in [-0.25, -0.2) is 0 Å². The van der Waals surface area contributed by atoms with Crippen LogP contribution in [0.2, 0.25) is 0 Å². The van der Waals surface area contributed by atoms with Crippen LogP contribution in [0.5, 0.6) is 0 Å². The standard InChI is InChI=1S/C18H27N3O2/c1-15(22)21-12-6-5-10-20-18(23)14-17(19-11-7-13-21)16-8-3-2-4-9-16/h2-4,8-9,17,19H,5-7,10-14H2,1H3,(H,20,23)/t17-/m0/s1. The molecule has 1 aliphatic rings. The molecule has 1 fully saturated rings. The highest BCUT2D eigenvalue weighted by molar-refractivity contribution is 5.76. The lowest BCUT2D eigenvalue weighted by Gasteiger charge is -2.22. The van der Waals surface area contributed by atoms with Crippen molar-refractivity contribution in [3.05, 3.63) is 35.9 Å². The molecule has 5 nitrogen and oxygen atoms in total. The van der Waals surface area contributed by atoms with Crippen LogP contribution in [0.15, 0.2) is 30.3 Å². The molecule has 2 rings (SSSR count). The first-order valence-electron chi connectivity index (χ1n) is 8.47.